The molecule has 1 aliphatic carbocycles. The van der Waals surface area contributed by atoms with E-state index >= 15 is 0 Å². The lowest BCUT2D eigenvalue weighted by Crippen LogP contribution is -2.34. The van der Waals surface area contributed by atoms with Crippen molar-refractivity contribution in [2.45, 2.75) is 38.7 Å². The molecule has 1 atom stereocenters. The number of hydrogen-bond acceptors (Lipinski definition) is 2. The second-order valence-corrected chi connectivity index (χ2v) is 3.39. The molecule has 0 bridgehead atoms. The second-order valence-electron chi connectivity index (χ2n) is 3.39. The molecule has 0 radical (unpaired) electrons. The van der Waals surface area contributed by atoms with Gasteiger partial charge >= 0.3 is 0 Å². The molecule has 0 aromatic heterocycles. The summed E-state index contributed by atoms with van der Waals surface area (Å²) in [5, 5.41) is 9.03. The van der Waals surface area contributed by atoms with Crippen LogP contribution in [-0.2, 0) is 4.79 Å². The Hall–Kier alpha value is -0.370. The standard InChI is InChI=1S/C8H14O2/c1-7(10)5-8(6-9)3-2-4-8/h6-7,10H,2-5H2,1H3. The van der Waals surface area contributed by atoms with E-state index in [4.69, 9.17) is 5.11 Å². The van der Waals surface area contributed by atoms with Gasteiger partial charge in [0.1, 0.15) is 6.29 Å². The van der Waals surface area contributed by atoms with Crippen LogP contribution < -0.4 is 0 Å². The van der Waals surface area contributed by atoms with Gasteiger partial charge in [-0.1, -0.05) is 6.42 Å². The Morgan fingerprint density at radius 1 is 1.70 bits per heavy atom. The summed E-state index contributed by atoms with van der Waals surface area (Å²) in [5.41, 5.74) is -0.145. The normalized spacial score (nSPS) is 25.0. The monoisotopic (exact) mass is 142 g/mol. The Bertz CT molecular complexity index is 125. The van der Waals surface area contributed by atoms with Crippen LogP contribution in [0.4, 0.5) is 0 Å². The van der Waals surface area contributed by atoms with Crippen molar-refractivity contribution in [2.75, 3.05) is 0 Å². The molecule has 0 spiro atoms. The van der Waals surface area contributed by atoms with Gasteiger partial charge < -0.3 is 9.90 Å². The van der Waals surface area contributed by atoms with Crippen molar-refractivity contribution >= 4 is 6.29 Å². The molecule has 2 nitrogen and oxygen atoms in total. The first kappa shape index (κ1) is 7.73. The lowest BCUT2D eigenvalue weighted by Gasteiger charge is -2.37. The fraction of sp³-hybridized carbons (Fsp3) is 0.875. The summed E-state index contributed by atoms with van der Waals surface area (Å²) in [6.07, 6.45) is 4.43. The van der Waals surface area contributed by atoms with Gasteiger partial charge in [0, 0.05) is 5.41 Å². The first-order chi connectivity index (χ1) is 4.68. The van der Waals surface area contributed by atoms with Gasteiger partial charge in [0.25, 0.3) is 0 Å². The summed E-state index contributed by atoms with van der Waals surface area (Å²) in [6.45, 7) is 1.74. The molecule has 0 aliphatic heterocycles. The quantitative estimate of drug-likeness (QED) is 0.600. The van der Waals surface area contributed by atoms with Crippen LogP contribution in [-0.4, -0.2) is 17.5 Å². The van der Waals surface area contributed by atoms with Crippen LogP contribution in [0.3, 0.4) is 0 Å². The fourth-order valence-corrected chi connectivity index (χ4v) is 1.59. The Balaban J connectivity index is 2.40. The van der Waals surface area contributed by atoms with E-state index in [0.29, 0.717) is 6.42 Å². The van der Waals surface area contributed by atoms with E-state index in [1.165, 1.54) is 0 Å². The van der Waals surface area contributed by atoms with Crippen LogP contribution in [0.25, 0.3) is 0 Å². The zero-order chi connectivity index (χ0) is 7.61. The Kier molecular flexibility index (Phi) is 2.09. The molecule has 1 fully saturated rings. The summed E-state index contributed by atoms with van der Waals surface area (Å²) >= 11 is 0. The van der Waals surface area contributed by atoms with Gasteiger partial charge in [0.05, 0.1) is 6.10 Å². The third kappa shape index (κ3) is 1.37. The van der Waals surface area contributed by atoms with E-state index in [1.54, 1.807) is 6.92 Å². The van der Waals surface area contributed by atoms with E-state index < -0.39 is 0 Å². The number of aldehydes is 1. The highest BCUT2D eigenvalue weighted by atomic mass is 16.3. The Morgan fingerprint density at radius 3 is 2.40 bits per heavy atom. The van der Waals surface area contributed by atoms with Crippen LogP contribution >= 0.6 is 0 Å². The van der Waals surface area contributed by atoms with E-state index in [0.717, 1.165) is 25.5 Å². The van der Waals surface area contributed by atoms with E-state index in [-0.39, 0.29) is 11.5 Å². The molecule has 0 heterocycles. The smallest absolute Gasteiger partial charge is 0.126 e. The number of aliphatic hydroxyl groups excluding tert-OH is 1. The minimum atomic E-state index is -0.328. The van der Waals surface area contributed by atoms with Gasteiger partial charge in [-0.3, -0.25) is 0 Å². The highest BCUT2D eigenvalue weighted by Crippen LogP contribution is 2.42. The molecule has 0 aromatic rings. The number of carbonyl (C=O) groups is 1. The topological polar surface area (TPSA) is 37.3 Å². The first-order valence-electron chi connectivity index (χ1n) is 3.83. The molecule has 0 amide bonds. The molecule has 2 heteroatoms. The third-order valence-electron chi connectivity index (χ3n) is 2.30. The predicted octanol–water partition coefficient (Wildman–Crippen LogP) is 1.13. The van der Waals surface area contributed by atoms with Gasteiger partial charge in [0.15, 0.2) is 0 Å². The van der Waals surface area contributed by atoms with Crippen molar-refractivity contribution < 1.29 is 9.90 Å². The number of aliphatic hydroxyl groups is 1. The number of rotatable bonds is 3. The first-order valence-corrected chi connectivity index (χ1v) is 3.83. The highest BCUT2D eigenvalue weighted by Gasteiger charge is 2.37. The Morgan fingerprint density at radius 2 is 2.30 bits per heavy atom. The molecule has 10 heavy (non-hydrogen) atoms. The van der Waals surface area contributed by atoms with Crippen molar-refractivity contribution in [3.8, 4) is 0 Å². The summed E-state index contributed by atoms with van der Waals surface area (Å²) < 4.78 is 0. The minimum absolute atomic E-state index is 0.145. The SMILES string of the molecule is CC(O)CC1(C=O)CCC1. The minimum Gasteiger partial charge on any atom is -0.393 e. The predicted molar refractivity (Wildman–Crippen MR) is 38.6 cm³/mol. The van der Waals surface area contributed by atoms with Gasteiger partial charge in [-0.2, -0.15) is 0 Å². The summed E-state index contributed by atoms with van der Waals surface area (Å²) in [4.78, 5) is 10.5. The Labute approximate surface area is 61.2 Å². The molecule has 1 unspecified atom stereocenters. The maximum atomic E-state index is 10.5. The molecule has 1 N–H and O–H groups in total. The largest absolute Gasteiger partial charge is 0.393 e. The zero-order valence-corrected chi connectivity index (χ0v) is 6.34. The molecular formula is C8H14O2. The molecule has 58 valence electrons. The maximum Gasteiger partial charge on any atom is 0.126 e. The van der Waals surface area contributed by atoms with Crippen molar-refractivity contribution in [1.82, 2.24) is 0 Å². The van der Waals surface area contributed by atoms with Gasteiger partial charge in [-0.25, -0.2) is 0 Å². The van der Waals surface area contributed by atoms with Gasteiger partial charge in [-0.05, 0) is 26.2 Å². The van der Waals surface area contributed by atoms with Crippen LogP contribution in [0.2, 0.25) is 0 Å². The third-order valence-corrected chi connectivity index (χ3v) is 2.30. The maximum absolute atomic E-state index is 10.5. The van der Waals surface area contributed by atoms with Crippen molar-refractivity contribution in [3.63, 3.8) is 0 Å². The number of carbonyl (C=O) groups excluding carboxylic acids is 1. The van der Waals surface area contributed by atoms with E-state index in [9.17, 15) is 4.79 Å². The zero-order valence-electron chi connectivity index (χ0n) is 6.34. The second kappa shape index (κ2) is 2.70. The average Bonchev–Trinajstić information content (AvgIpc) is 1.78. The molecule has 0 saturated heterocycles. The van der Waals surface area contributed by atoms with Gasteiger partial charge in [-0.15, -0.1) is 0 Å². The highest BCUT2D eigenvalue weighted by molar-refractivity contribution is 5.60. The number of hydrogen-bond donors (Lipinski definition) is 1. The van der Waals surface area contributed by atoms with Crippen LogP contribution in [0, 0.1) is 5.41 Å². The molecule has 0 aromatic carbocycles. The molecular weight excluding hydrogens is 128 g/mol. The van der Waals surface area contributed by atoms with E-state index in [2.05, 4.69) is 0 Å². The molecule has 1 rings (SSSR count). The average molecular weight is 142 g/mol. The van der Waals surface area contributed by atoms with E-state index in [1.807, 2.05) is 0 Å². The molecule has 1 saturated carbocycles. The summed E-state index contributed by atoms with van der Waals surface area (Å²) in [7, 11) is 0. The summed E-state index contributed by atoms with van der Waals surface area (Å²) in [5.74, 6) is 0. The van der Waals surface area contributed by atoms with Crippen LogP contribution in [0.1, 0.15) is 32.6 Å². The lowest BCUT2D eigenvalue weighted by atomic mass is 9.67. The summed E-state index contributed by atoms with van der Waals surface area (Å²) in [6, 6.07) is 0. The van der Waals surface area contributed by atoms with Crippen LogP contribution in [0.15, 0.2) is 0 Å². The fourth-order valence-electron chi connectivity index (χ4n) is 1.59. The van der Waals surface area contributed by atoms with Gasteiger partial charge in [0.2, 0.25) is 0 Å². The van der Waals surface area contributed by atoms with Crippen molar-refractivity contribution in [2.24, 2.45) is 5.41 Å². The van der Waals surface area contributed by atoms with Crippen molar-refractivity contribution in [1.29, 1.82) is 0 Å². The molecule has 1 aliphatic rings. The van der Waals surface area contributed by atoms with Crippen molar-refractivity contribution in [3.05, 3.63) is 0 Å². The van der Waals surface area contributed by atoms with Crippen LogP contribution in [0.5, 0.6) is 0 Å². The lowest BCUT2D eigenvalue weighted by molar-refractivity contribution is -0.122.